The van der Waals surface area contributed by atoms with Crippen molar-refractivity contribution in [1.82, 2.24) is 0 Å². The van der Waals surface area contributed by atoms with Gasteiger partial charge in [0.25, 0.3) is 0 Å². The Bertz CT molecular complexity index is 444. The molecule has 17 heavy (non-hydrogen) atoms. The third kappa shape index (κ3) is 2.34. The molecule has 5 heteroatoms. The highest BCUT2D eigenvalue weighted by molar-refractivity contribution is 5.68. The van der Waals surface area contributed by atoms with E-state index in [2.05, 4.69) is 0 Å². The van der Waals surface area contributed by atoms with E-state index in [-0.39, 0.29) is 6.42 Å². The Labute approximate surface area is 99.1 Å². The maximum absolute atomic E-state index is 10.6. The maximum Gasteiger partial charge on any atom is 0.305 e. The Kier molecular flexibility index (Phi) is 3.19. The van der Waals surface area contributed by atoms with Gasteiger partial charge in [-0.05, 0) is 24.1 Å². The molecule has 1 atom stereocenters. The van der Waals surface area contributed by atoms with E-state index in [4.69, 9.17) is 20.3 Å². The topological polar surface area (TPSA) is 81.8 Å². The first kappa shape index (κ1) is 11.7. The second-order valence-corrected chi connectivity index (χ2v) is 4.01. The van der Waals surface area contributed by atoms with E-state index in [1.165, 1.54) is 0 Å². The second kappa shape index (κ2) is 4.63. The molecule has 5 nitrogen and oxygen atoms in total. The van der Waals surface area contributed by atoms with Crippen LogP contribution in [-0.4, -0.2) is 24.3 Å². The van der Waals surface area contributed by atoms with Gasteiger partial charge < -0.3 is 20.3 Å². The summed E-state index contributed by atoms with van der Waals surface area (Å²) >= 11 is 0. The Morgan fingerprint density at radius 3 is 2.88 bits per heavy atom. The van der Waals surface area contributed by atoms with Crippen LogP contribution in [0.15, 0.2) is 12.1 Å². The smallest absolute Gasteiger partial charge is 0.305 e. The van der Waals surface area contributed by atoms with Crippen molar-refractivity contribution in [1.29, 1.82) is 0 Å². The normalized spacial score (nSPS) is 15.4. The Hall–Kier alpha value is -1.75. The minimum atomic E-state index is -0.910. The minimum absolute atomic E-state index is 0.0967. The van der Waals surface area contributed by atoms with Crippen LogP contribution in [0, 0.1) is 6.92 Å². The third-order valence-corrected chi connectivity index (χ3v) is 2.79. The van der Waals surface area contributed by atoms with Gasteiger partial charge in [0.15, 0.2) is 11.5 Å². The van der Waals surface area contributed by atoms with E-state index in [0.29, 0.717) is 24.7 Å². The van der Waals surface area contributed by atoms with Crippen LogP contribution in [0.5, 0.6) is 11.5 Å². The summed E-state index contributed by atoms with van der Waals surface area (Å²) in [7, 11) is 0. The molecular formula is C12H15NO4. The number of hydrogen-bond acceptors (Lipinski definition) is 4. The number of carboxylic acid groups (broad SMARTS) is 1. The highest BCUT2D eigenvalue weighted by Crippen LogP contribution is 2.37. The molecule has 0 spiro atoms. The van der Waals surface area contributed by atoms with Gasteiger partial charge in [-0.25, -0.2) is 0 Å². The fourth-order valence-corrected chi connectivity index (χ4v) is 1.97. The first-order chi connectivity index (χ1) is 8.09. The van der Waals surface area contributed by atoms with Gasteiger partial charge in [0, 0.05) is 6.04 Å². The number of benzene rings is 1. The lowest BCUT2D eigenvalue weighted by Crippen LogP contribution is -2.20. The van der Waals surface area contributed by atoms with E-state index < -0.39 is 12.0 Å². The van der Waals surface area contributed by atoms with E-state index in [9.17, 15) is 4.79 Å². The Morgan fingerprint density at radius 1 is 1.47 bits per heavy atom. The van der Waals surface area contributed by atoms with Crippen LogP contribution in [0.4, 0.5) is 0 Å². The summed E-state index contributed by atoms with van der Waals surface area (Å²) < 4.78 is 11.0. The zero-order valence-electron chi connectivity index (χ0n) is 9.60. The number of fused-ring (bicyclic) bond motifs is 1. The summed E-state index contributed by atoms with van der Waals surface area (Å²) in [6.45, 7) is 2.91. The van der Waals surface area contributed by atoms with Gasteiger partial charge in [0.1, 0.15) is 13.2 Å². The molecule has 92 valence electrons. The standard InChI is InChI=1S/C12H15NO4/c1-7-8(9(13)6-11(14)15)2-3-10-12(7)17-5-4-16-10/h2-3,9H,4-6,13H2,1H3,(H,14,15). The van der Waals surface area contributed by atoms with Crippen molar-refractivity contribution < 1.29 is 19.4 Å². The molecule has 0 radical (unpaired) electrons. The molecule has 1 unspecified atom stereocenters. The van der Waals surface area contributed by atoms with Crippen LogP contribution < -0.4 is 15.2 Å². The predicted molar refractivity (Wildman–Crippen MR) is 61.4 cm³/mol. The lowest BCUT2D eigenvalue weighted by atomic mass is 9.98. The van der Waals surface area contributed by atoms with E-state index in [1.807, 2.05) is 6.92 Å². The first-order valence-corrected chi connectivity index (χ1v) is 5.46. The largest absolute Gasteiger partial charge is 0.486 e. The van der Waals surface area contributed by atoms with Gasteiger partial charge in [-0.15, -0.1) is 0 Å². The predicted octanol–water partition coefficient (Wildman–Crippen LogP) is 1.24. The van der Waals surface area contributed by atoms with Crippen LogP contribution >= 0.6 is 0 Å². The lowest BCUT2D eigenvalue weighted by molar-refractivity contribution is -0.137. The fourth-order valence-electron chi connectivity index (χ4n) is 1.97. The van der Waals surface area contributed by atoms with Gasteiger partial charge in [0.05, 0.1) is 6.42 Å². The number of aliphatic carboxylic acids is 1. The van der Waals surface area contributed by atoms with Crippen LogP contribution in [0.1, 0.15) is 23.6 Å². The number of carboxylic acids is 1. The molecule has 1 aliphatic heterocycles. The zero-order valence-corrected chi connectivity index (χ0v) is 9.60. The van der Waals surface area contributed by atoms with Crippen LogP contribution in [0.3, 0.4) is 0 Å². The SMILES string of the molecule is Cc1c(C(N)CC(=O)O)ccc2c1OCCO2. The number of rotatable bonds is 3. The summed E-state index contributed by atoms with van der Waals surface area (Å²) in [6.07, 6.45) is -0.0967. The van der Waals surface area contributed by atoms with Gasteiger partial charge >= 0.3 is 5.97 Å². The average molecular weight is 237 g/mol. The molecular weight excluding hydrogens is 222 g/mol. The van der Waals surface area contributed by atoms with Gasteiger partial charge in [-0.3, -0.25) is 4.79 Å². The summed E-state index contributed by atoms with van der Waals surface area (Å²) in [5.41, 5.74) is 7.50. The van der Waals surface area contributed by atoms with E-state index in [0.717, 1.165) is 11.1 Å². The molecule has 0 aliphatic carbocycles. The molecule has 0 amide bonds. The first-order valence-electron chi connectivity index (χ1n) is 5.46. The highest BCUT2D eigenvalue weighted by atomic mass is 16.6. The van der Waals surface area contributed by atoms with Gasteiger partial charge in [-0.2, -0.15) is 0 Å². The molecule has 1 aromatic rings. The van der Waals surface area contributed by atoms with Crippen molar-refractivity contribution in [2.75, 3.05) is 13.2 Å². The molecule has 1 heterocycles. The summed E-state index contributed by atoms with van der Waals surface area (Å²) in [5.74, 6) is 0.460. The third-order valence-electron chi connectivity index (χ3n) is 2.79. The minimum Gasteiger partial charge on any atom is -0.486 e. The summed E-state index contributed by atoms with van der Waals surface area (Å²) in [6, 6.07) is 3.05. The average Bonchev–Trinajstić information content (AvgIpc) is 2.28. The van der Waals surface area contributed by atoms with Crippen molar-refractivity contribution in [3.8, 4) is 11.5 Å². The van der Waals surface area contributed by atoms with Gasteiger partial charge in [0.2, 0.25) is 0 Å². The van der Waals surface area contributed by atoms with Gasteiger partial charge in [-0.1, -0.05) is 6.07 Å². The monoisotopic (exact) mass is 237 g/mol. The summed E-state index contributed by atoms with van der Waals surface area (Å²) in [5, 5.41) is 8.74. The van der Waals surface area contributed by atoms with Crippen molar-refractivity contribution in [3.63, 3.8) is 0 Å². The van der Waals surface area contributed by atoms with Crippen molar-refractivity contribution in [2.45, 2.75) is 19.4 Å². The molecule has 0 fully saturated rings. The molecule has 3 N–H and O–H groups in total. The fraction of sp³-hybridized carbons (Fsp3) is 0.417. The van der Waals surface area contributed by atoms with Crippen LogP contribution in [0.25, 0.3) is 0 Å². The summed E-state index contributed by atoms with van der Waals surface area (Å²) in [4.78, 5) is 10.6. The lowest BCUT2D eigenvalue weighted by Gasteiger charge is -2.23. The molecule has 0 aromatic heterocycles. The van der Waals surface area contributed by atoms with Crippen LogP contribution in [0.2, 0.25) is 0 Å². The van der Waals surface area contributed by atoms with E-state index in [1.54, 1.807) is 12.1 Å². The zero-order chi connectivity index (χ0) is 12.4. The molecule has 1 aromatic carbocycles. The number of carbonyl (C=O) groups is 1. The molecule has 2 rings (SSSR count). The number of nitrogens with two attached hydrogens (primary N) is 1. The quantitative estimate of drug-likeness (QED) is 0.826. The highest BCUT2D eigenvalue weighted by Gasteiger charge is 2.20. The Balaban J connectivity index is 2.32. The van der Waals surface area contributed by atoms with Crippen molar-refractivity contribution >= 4 is 5.97 Å². The van der Waals surface area contributed by atoms with Crippen molar-refractivity contribution in [2.24, 2.45) is 5.73 Å². The molecule has 0 saturated heterocycles. The van der Waals surface area contributed by atoms with Crippen molar-refractivity contribution in [3.05, 3.63) is 23.3 Å². The van der Waals surface area contributed by atoms with E-state index >= 15 is 0 Å². The number of ether oxygens (including phenoxy) is 2. The molecule has 0 saturated carbocycles. The van der Waals surface area contributed by atoms with Crippen LogP contribution in [-0.2, 0) is 4.79 Å². The number of hydrogen-bond donors (Lipinski definition) is 2. The second-order valence-electron chi connectivity index (χ2n) is 4.01. The maximum atomic E-state index is 10.6. The molecule has 0 bridgehead atoms. The molecule has 1 aliphatic rings. The Morgan fingerprint density at radius 2 is 2.18 bits per heavy atom.